The number of benzene rings is 1. The van der Waals surface area contributed by atoms with Crippen molar-refractivity contribution >= 4 is 16.9 Å². The van der Waals surface area contributed by atoms with Crippen molar-refractivity contribution in [2.24, 2.45) is 0 Å². The molecule has 1 aliphatic heterocycles. The fourth-order valence-corrected chi connectivity index (χ4v) is 3.94. The number of rotatable bonds is 3. The largest absolute Gasteiger partial charge is 0.419 e. The van der Waals surface area contributed by atoms with Crippen molar-refractivity contribution in [2.75, 3.05) is 11.4 Å². The summed E-state index contributed by atoms with van der Waals surface area (Å²) in [5.74, 6) is -0.359. The summed E-state index contributed by atoms with van der Waals surface area (Å²) in [6.07, 6.45) is -0.811. The number of halogens is 4. The summed E-state index contributed by atoms with van der Waals surface area (Å²) in [7, 11) is 0. The number of aliphatic hydroxyl groups excluding tert-OH is 1. The first-order chi connectivity index (χ1) is 14.9. The lowest BCUT2D eigenvalue weighted by molar-refractivity contribution is -0.138. The van der Waals surface area contributed by atoms with Crippen LogP contribution in [0, 0.1) is 5.82 Å². The van der Waals surface area contributed by atoms with Crippen LogP contribution in [-0.4, -0.2) is 36.8 Å². The van der Waals surface area contributed by atoms with Gasteiger partial charge in [-0.3, -0.25) is 5.10 Å². The first-order valence-electron chi connectivity index (χ1n) is 9.47. The normalized spacial score (nSPS) is 14.3. The third-order valence-electron chi connectivity index (χ3n) is 5.47. The minimum atomic E-state index is -4.51. The Kier molecular flexibility index (Phi) is 4.43. The van der Waals surface area contributed by atoms with Gasteiger partial charge in [0.25, 0.3) is 0 Å². The predicted molar refractivity (Wildman–Crippen MR) is 104 cm³/mol. The molecule has 0 aliphatic carbocycles. The van der Waals surface area contributed by atoms with Crippen LogP contribution in [0.3, 0.4) is 0 Å². The lowest BCUT2D eigenvalue weighted by Gasteiger charge is -2.27. The maximum atomic E-state index is 15.0. The minimum absolute atomic E-state index is 0.161. The summed E-state index contributed by atoms with van der Waals surface area (Å²) in [6, 6.07) is 2.99. The van der Waals surface area contributed by atoms with Crippen molar-refractivity contribution in [1.82, 2.24) is 25.1 Å². The number of H-pyrrole nitrogens is 2. The molecule has 0 saturated heterocycles. The summed E-state index contributed by atoms with van der Waals surface area (Å²) < 4.78 is 53.4. The Morgan fingerprint density at radius 2 is 1.97 bits per heavy atom. The molecule has 1 aliphatic rings. The monoisotopic (exact) mass is 432 g/mol. The summed E-state index contributed by atoms with van der Waals surface area (Å²) in [5, 5.41) is 17.4. The first-order valence-corrected chi connectivity index (χ1v) is 9.47. The number of alkyl halides is 3. The number of fused-ring (bicyclic) bond motifs is 2. The Labute approximate surface area is 172 Å². The number of anilines is 1. The highest BCUT2D eigenvalue weighted by Gasteiger charge is 2.32. The Bertz CT molecular complexity index is 1260. The van der Waals surface area contributed by atoms with Crippen LogP contribution in [0.2, 0.25) is 0 Å². The van der Waals surface area contributed by atoms with Crippen LogP contribution in [-0.2, 0) is 25.7 Å². The smallest absolute Gasteiger partial charge is 0.392 e. The lowest BCUT2D eigenvalue weighted by atomic mass is 9.97. The van der Waals surface area contributed by atoms with E-state index >= 15 is 4.39 Å². The number of aromatic amines is 2. The molecular weight excluding hydrogens is 416 g/mol. The SMILES string of the molecule is OCc1cc(F)c(-c2n[nH]c3c2CN(c2ncc(C(F)(F)F)cn2)CC3)c2cc[nH]c12. The van der Waals surface area contributed by atoms with Crippen LogP contribution >= 0.6 is 0 Å². The van der Waals surface area contributed by atoms with E-state index in [1.165, 1.54) is 6.07 Å². The molecule has 0 unspecified atom stereocenters. The number of hydrogen-bond donors (Lipinski definition) is 3. The van der Waals surface area contributed by atoms with Gasteiger partial charge in [0.2, 0.25) is 5.95 Å². The Hall–Kier alpha value is -3.47. The van der Waals surface area contributed by atoms with Crippen molar-refractivity contribution in [2.45, 2.75) is 25.7 Å². The molecule has 0 saturated carbocycles. The van der Waals surface area contributed by atoms with E-state index in [1.807, 2.05) is 0 Å². The van der Waals surface area contributed by atoms with Crippen molar-refractivity contribution in [3.63, 3.8) is 0 Å². The predicted octanol–water partition coefficient (Wildman–Crippen LogP) is 3.56. The zero-order valence-corrected chi connectivity index (χ0v) is 16.0. The van der Waals surface area contributed by atoms with Crippen molar-refractivity contribution < 1.29 is 22.7 Å². The molecule has 1 aromatic carbocycles. The molecule has 160 valence electrons. The number of nitrogens with zero attached hydrogens (tertiary/aromatic N) is 4. The topological polar surface area (TPSA) is 93.7 Å². The van der Waals surface area contributed by atoms with E-state index in [0.717, 1.165) is 23.7 Å². The molecule has 3 N–H and O–H groups in total. The average molecular weight is 432 g/mol. The molecular formula is C20H16F4N6O. The molecule has 4 aromatic rings. The van der Waals surface area contributed by atoms with Gasteiger partial charge in [-0.05, 0) is 12.1 Å². The highest BCUT2D eigenvalue weighted by molar-refractivity contribution is 5.97. The van der Waals surface area contributed by atoms with Gasteiger partial charge in [-0.15, -0.1) is 0 Å². The zero-order chi connectivity index (χ0) is 21.8. The summed E-state index contributed by atoms with van der Waals surface area (Å²) in [5.41, 5.74) is 2.40. The molecule has 7 nitrogen and oxygen atoms in total. The maximum absolute atomic E-state index is 15.0. The van der Waals surface area contributed by atoms with Gasteiger partial charge in [-0.2, -0.15) is 18.3 Å². The zero-order valence-electron chi connectivity index (χ0n) is 16.0. The molecule has 0 spiro atoms. The second kappa shape index (κ2) is 7.05. The highest BCUT2D eigenvalue weighted by Crippen LogP contribution is 2.37. The quantitative estimate of drug-likeness (QED) is 0.431. The van der Waals surface area contributed by atoms with E-state index in [9.17, 15) is 18.3 Å². The summed E-state index contributed by atoms with van der Waals surface area (Å²) >= 11 is 0. The van der Waals surface area contributed by atoms with Crippen LogP contribution in [0.1, 0.15) is 22.4 Å². The lowest BCUT2D eigenvalue weighted by Crippen LogP contribution is -2.31. The molecule has 0 radical (unpaired) electrons. The van der Waals surface area contributed by atoms with Gasteiger partial charge in [-0.25, -0.2) is 14.4 Å². The van der Waals surface area contributed by atoms with E-state index in [0.29, 0.717) is 40.7 Å². The van der Waals surface area contributed by atoms with Crippen LogP contribution in [0.25, 0.3) is 22.2 Å². The fraction of sp³-hybridized carbons (Fsp3) is 0.250. The number of aromatic nitrogens is 5. The van der Waals surface area contributed by atoms with Crippen LogP contribution in [0.5, 0.6) is 0 Å². The second-order valence-electron chi connectivity index (χ2n) is 7.29. The molecule has 4 heterocycles. The number of nitrogens with one attached hydrogen (secondary N) is 2. The maximum Gasteiger partial charge on any atom is 0.419 e. The Morgan fingerprint density at radius 3 is 2.68 bits per heavy atom. The molecule has 11 heteroatoms. The second-order valence-corrected chi connectivity index (χ2v) is 7.29. The van der Waals surface area contributed by atoms with Gasteiger partial charge < -0.3 is 15.0 Å². The van der Waals surface area contributed by atoms with Gasteiger partial charge in [0.05, 0.1) is 17.7 Å². The van der Waals surface area contributed by atoms with Gasteiger partial charge in [0, 0.05) is 65.9 Å². The molecule has 5 rings (SSSR count). The number of hydrogen-bond acceptors (Lipinski definition) is 5. The van der Waals surface area contributed by atoms with Gasteiger partial charge in [0.1, 0.15) is 11.5 Å². The third kappa shape index (κ3) is 3.21. The van der Waals surface area contributed by atoms with Crippen molar-refractivity contribution in [3.8, 4) is 11.3 Å². The van der Waals surface area contributed by atoms with Gasteiger partial charge >= 0.3 is 6.18 Å². The van der Waals surface area contributed by atoms with E-state index in [4.69, 9.17) is 0 Å². The first kappa shape index (κ1) is 19.5. The van der Waals surface area contributed by atoms with Crippen molar-refractivity contribution in [3.05, 3.63) is 58.9 Å². The molecule has 3 aromatic heterocycles. The molecule has 0 atom stereocenters. The Balaban J connectivity index is 1.54. The van der Waals surface area contributed by atoms with E-state index < -0.39 is 17.6 Å². The van der Waals surface area contributed by atoms with E-state index in [-0.39, 0.29) is 19.1 Å². The molecule has 0 fully saturated rings. The Morgan fingerprint density at radius 1 is 1.19 bits per heavy atom. The van der Waals surface area contributed by atoms with Gasteiger partial charge in [0.15, 0.2) is 0 Å². The highest BCUT2D eigenvalue weighted by atomic mass is 19.4. The average Bonchev–Trinajstić information content (AvgIpc) is 3.40. The minimum Gasteiger partial charge on any atom is -0.392 e. The summed E-state index contributed by atoms with van der Waals surface area (Å²) in [6.45, 7) is 0.428. The standard InChI is InChI=1S/C20H16F4N6O/c21-14-5-10(9-31)17-12(1-3-25-17)16(14)18-13-8-30(4-2-15(13)28-29-18)19-26-6-11(7-27-19)20(22,23)24/h1,3,5-7,25,31H,2,4,8-9H2,(H,28,29). The van der Waals surface area contributed by atoms with E-state index in [2.05, 4.69) is 25.1 Å². The van der Waals surface area contributed by atoms with Crippen LogP contribution in [0.4, 0.5) is 23.5 Å². The van der Waals surface area contributed by atoms with Crippen LogP contribution < -0.4 is 4.90 Å². The van der Waals surface area contributed by atoms with Crippen LogP contribution in [0.15, 0.2) is 30.7 Å². The van der Waals surface area contributed by atoms with E-state index in [1.54, 1.807) is 17.2 Å². The molecule has 31 heavy (non-hydrogen) atoms. The van der Waals surface area contributed by atoms with Crippen molar-refractivity contribution in [1.29, 1.82) is 0 Å². The number of aliphatic hydroxyl groups is 1. The summed E-state index contributed by atoms with van der Waals surface area (Å²) in [4.78, 5) is 12.5. The molecule has 0 amide bonds. The fourth-order valence-electron chi connectivity index (χ4n) is 3.94. The third-order valence-corrected chi connectivity index (χ3v) is 5.47. The van der Waals surface area contributed by atoms with Gasteiger partial charge in [-0.1, -0.05) is 0 Å². The molecule has 0 bridgehead atoms.